The highest BCUT2D eigenvalue weighted by atomic mass is 19.4. The summed E-state index contributed by atoms with van der Waals surface area (Å²) in [6.45, 7) is 8.67. The molecule has 1 aliphatic rings. The van der Waals surface area contributed by atoms with Crippen LogP contribution in [-0.4, -0.2) is 41.4 Å². The summed E-state index contributed by atoms with van der Waals surface area (Å²) in [6.07, 6.45) is -5.76. The number of alkyl carbamates (subject to hydrolysis) is 1. The fourth-order valence-electron chi connectivity index (χ4n) is 2.77. The van der Waals surface area contributed by atoms with Crippen LogP contribution in [0.2, 0.25) is 0 Å². The van der Waals surface area contributed by atoms with Gasteiger partial charge < -0.3 is 15.0 Å². The van der Waals surface area contributed by atoms with E-state index >= 15 is 0 Å². The quantitative estimate of drug-likeness (QED) is 0.840. The van der Waals surface area contributed by atoms with Gasteiger partial charge in [0.1, 0.15) is 11.8 Å². The fourth-order valence-corrected chi connectivity index (χ4v) is 2.77. The molecule has 0 unspecified atom stereocenters. The summed E-state index contributed by atoms with van der Waals surface area (Å²) in [5.74, 6) is -1.87. The van der Waals surface area contributed by atoms with Crippen LogP contribution in [0, 0.1) is 11.8 Å². The third-order valence-electron chi connectivity index (χ3n) is 3.90. The maximum atomic E-state index is 12.8. The van der Waals surface area contributed by atoms with Crippen LogP contribution in [0.3, 0.4) is 0 Å². The minimum absolute atomic E-state index is 0.0443. The van der Waals surface area contributed by atoms with Gasteiger partial charge in [-0.1, -0.05) is 20.3 Å². The first-order chi connectivity index (χ1) is 10.3. The molecule has 0 aromatic carbocycles. The Morgan fingerprint density at radius 3 is 2.26 bits per heavy atom. The average Bonchev–Trinajstić information content (AvgIpc) is 2.36. The highest BCUT2D eigenvalue weighted by Crippen LogP contribution is 2.32. The minimum Gasteiger partial charge on any atom is -0.444 e. The Labute approximate surface area is 134 Å². The maximum absolute atomic E-state index is 12.8. The number of likely N-dealkylation sites (tertiary alicyclic amines) is 1. The third-order valence-corrected chi connectivity index (χ3v) is 3.90. The zero-order valence-corrected chi connectivity index (χ0v) is 14.2. The van der Waals surface area contributed by atoms with Gasteiger partial charge in [-0.2, -0.15) is 13.2 Å². The van der Waals surface area contributed by atoms with E-state index in [9.17, 15) is 22.8 Å². The molecule has 1 heterocycles. The number of hydrogen-bond donors (Lipinski definition) is 1. The number of ether oxygens (including phenoxy) is 1. The molecule has 0 spiro atoms. The van der Waals surface area contributed by atoms with Crippen molar-refractivity contribution < 1.29 is 27.5 Å². The zero-order chi connectivity index (χ0) is 18.0. The van der Waals surface area contributed by atoms with Gasteiger partial charge in [-0.05, 0) is 39.0 Å². The number of nitrogens with zero attached hydrogens (tertiary/aromatic N) is 1. The molecular weight excluding hydrogens is 313 g/mol. The number of carbonyl (C=O) groups excluding carboxylic acids is 2. The second-order valence-corrected chi connectivity index (χ2v) is 7.00. The van der Waals surface area contributed by atoms with Crippen molar-refractivity contribution >= 4 is 12.0 Å². The van der Waals surface area contributed by atoms with E-state index in [2.05, 4.69) is 5.32 Å². The van der Waals surface area contributed by atoms with Crippen molar-refractivity contribution in [1.29, 1.82) is 0 Å². The number of nitrogens with one attached hydrogen (secondary N) is 1. The van der Waals surface area contributed by atoms with Gasteiger partial charge in [0, 0.05) is 6.54 Å². The topological polar surface area (TPSA) is 58.6 Å². The van der Waals surface area contributed by atoms with Crippen LogP contribution in [0.15, 0.2) is 0 Å². The molecule has 134 valence electrons. The number of hydrogen-bond acceptors (Lipinski definition) is 3. The molecular formula is C15H25F3N2O3. The average molecular weight is 338 g/mol. The molecule has 1 saturated heterocycles. The van der Waals surface area contributed by atoms with Crippen molar-refractivity contribution in [3.8, 4) is 0 Å². The van der Waals surface area contributed by atoms with Gasteiger partial charge in [-0.25, -0.2) is 4.79 Å². The summed E-state index contributed by atoms with van der Waals surface area (Å²) in [6, 6.07) is 0. The van der Waals surface area contributed by atoms with Gasteiger partial charge in [0.05, 0.1) is 0 Å². The molecule has 23 heavy (non-hydrogen) atoms. The van der Waals surface area contributed by atoms with E-state index in [1.54, 1.807) is 20.8 Å². The molecule has 1 fully saturated rings. The molecule has 8 heteroatoms. The van der Waals surface area contributed by atoms with Crippen LogP contribution in [0.4, 0.5) is 18.0 Å². The van der Waals surface area contributed by atoms with Crippen molar-refractivity contribution in [2.24, 2.45) is 11.8 Å². The number of rotatable bonds is 2. The van der Waals surface area contributed by atoms with Crippen molar-refractivity contribution in [2.75, 3.05) is 6.54 Å². The first-order valence-electron chi connectivity index (χ1n) is 7.72. The second-order valence-electron chi connectivity index (χ2n) is 7.00. The van der Waals surface area contributed by atoms with Crippen molar-refractivity contribution in [1.82, 2.24) is 10.2 Å². The fraction of sp³-hybridized carbons (Fsp3) is 0.867. The van der Waals surface area contributed by atoms with E-state index in [1.165, 1.54) is 0 Å². The van der Waals surface area contributed by atoms with Crippen molar-refractivity contribution in [3.05, 3.63) is 0 Å². The van der Waals surface area contributed by atoms with Crippen LogP contribution >= 0.6 is 0 Å². The number of piperidine rings is 1. The lowest BCUT2D eigenvalue weighted by atomic mass is 9.83. The first kappa shape index (κ1) is 19.6. The summed E-state index contributed by atoms with van der Waals surface area (Å²) in [5, 5.41) is 2.41. The van der Waals surface area contributed by atoms with Gasteiger partial charge in [0.15, 0.2) is 0 Å². The Hall–Kier alpha value is -1.47. The summed E-state index contributed by atoms with van der Waals surface area (Å²) in [5.41, 5.74) is -0.769. The summed E-state index contributed by atoms with van der Waals surface area (Å²) < 4.78 is 43.4. The van der Waals surface area contributed by atoms with Crippen molar-refractivity contribution in [3.63, 3.8) is 0 Å². The largest absolute Gasteiger partial charge is 0.471 e. The van der Waals surface area contributed by atoms with Crippen LogP contribution in [0.5, 0.6) is 0 Å². The summed E-state index contributed by atoms with van der Waals surface area (Å²) in [4.78, 5) is 24.2. The SMILES string of the molecule is CC[C@@H]1C[C@@H](NC(=O)OC(C)(C)C)N(C(=O)C(F)(F)F)C[C@H]1C. The lowest BCUT2D eigenvalue weighted by Crippen LogP contribution is -2.60. The Bertz CT molecular complexity index is 446. The van der Waals surface area contributed by atoms with Crippen LogP contribution in [0.1, 0.15) is 47.5 Å². The molecule has 0 aliphatic carbocycles. The molecule has 2 amide bonds. The highest BCUT2D eigenvalue weighted by molar-refractivity contribution is 5.82. The number of halogens is 3. The molecule has 1 rings (SSSR count). The maximum Gasteiger partial charge on any atom is 0.471 e. The Morgan fingerprint density at radius 2 is 1.83 bits per heavy atom. The van der Waals surface area contributed by atoms with Gasteiger partial charge in [0.25, 0.3) is 0 Å². The van der Waals surface area contributed by atoms with E-state index in [1.807, 2.05) is 13.8 Å². The van der Waals surface area contributed by atoms with Gasteiger partial charge in [-0.3, -0.25) is 4.79 Å². The normalized spacial score (nSPS) is 25.9. The minimum atomic E-state index is -4.97. The monoisotopic (exact) mass is 338 g/mol. The lowest BCUT2D eigenvalue weighted by Gasteiger charge is -2.43. The standard InChI is InChI=1S/C15H25F3N2O3/c1-6-10-7-11(19-13(22)23-14(3,4)5)20(8-9(10)2)12(21)15(16,17)18/h9-11H,6-8H2,1-5H3,(H,19,22)/t9-,10-,11+/m1/s1. The van der Waals surface area contributed by atoms with Crippen molar-refractivity contribution in [2.45, 2.75) is 65.4 Å². The highest BCUT2D eigenvalue weighted by Gasteiger charge is 2.47. The molecule has 0 radical (unpaired) electrons. The van der Waals surface area contributed by atoms with Gasteiger partial charge in [-0.15, -0.1) is 0 Å². The van der Waals surface area contributed by atoms with Gasteiger partial charge >= 0.3 is 18.2 Å². The van der Waals surface area contributed by atoms with Gasteiger partial charge in [0.2, 0.25) is 0 Å². The number of amides is 2. The molecule has 1 N–H and O–H groups in total. The Kier molecular flexibility index (Phi) is 5.93. The third kappa shape index (κ3) is 5.58. The number of alkyl halides is 3. The second kappa shape index (κ2) is 6.97. The molecule has 3 atom stereocenters. The molecule has 5 nitrogen and oxygen atoms in total. The van der Waals surface area contributed by atoms with E-state index in [-0.39, 0.29) is 24.8 Å². The van der Waals surface area contributed by atoms with Crippen LogP contribution < -0.4 is 5.32 Å². The predicted octanol–water partition coefficient (Wildman–Crippen LogP) is 3.29. The lowest BCUT2D eigenvalue weighted by molar-refractivity contribution is -0.191. The molecule has 0 aromatic rings. The first-order valence-corrected chi connectivity index (χ1v) is 7.72. The van der Waals surface area contributed by atoms with E-state index in [4.69, 9.17) is 4.74 Å². The summed E-state index contributed by atoms with van der Waals surface area (Å²) >= 11 is 0. The molecule has 0 bridgehead atoms. The van der Waals surface area contributed by atoms with E-state index in [0.717, 1.165) is 6.42 Å². The van der Waals surface area contributed by atoms with Crippen LogP contribution in [0.25, 0.3) is 0 Å². The van der Waals surface area contributed by atoms with E-state index < -0.39 is 29.9 Å². The van der Waals surface area contributed by atoms with Crippen LogP contribution in [-0.2, 0) is 9.53 Å². The molecule has 0 aromatic heterocycles. The smallest absolute Gasteiger partial charge is 0.444 e. The number of carbonyl (C=O) groups is 2. The molecule has 1 aliphatic heterocycles. The zero-order valence-electron chi connectivity index (χ0n) is 14.2. The Morgan fingerprint density at radius 1 is 1.26 bits per heavy atom. The predicted molar refractivity (Wildman–Crippen MR) is 78.5 cm³/mol. The summed E-state index contributed by atoms with van der Waals surface area (Å²) in [7, 11) is 0. The Balaban J connectivity index is 2.91. The molecule has 0 saturated carbocycles. The van der Waals surface area contributed by atoms with E-state index in [0.29, 0.717) is 4.90 Å².